The topological polar surface area (TPSA) is 199 Å². The maximum absolute atomic E-state index is 13.1. The summed E-state index contributed by atoms with van der Waals surface area (Å²) in [5.74, 6) is -2.58. The lowest BCUT2D eigenvalue weighted by atomic mass is 9.98. The molecule has 0 spiro atoms. The number of carboxylic acid groups (broad SMARTS) is 1. The van der Waals surface area contributed by atoms with Gasteiger partial charge < -0.3 is 25.3 Å². The van der Waals surface area contributed by atoms with E-state index in [9.17, 15) is 24.3 Å². The zero-order chi connectivity index (χ0) is 26.7. The Hall–Kier alpha value is -4.08. The molecule has 0 saturated carbocycles. The average molecular weight is 523 g/mol. The van der Waals surface area contributed by atoms with Crippen LogP contribution in [0.2, 0.25) is 0 Å². The van der Waals surface area contributed by atoms with Crippen molar-refractivity contribution in [1.29, 1.82) is 0 Å². The fraction of sp³-hybridized carbons (Fsp3) is 0.500. The van der Waals surface area contributed by atoms with Crippen molar-refractivity contribution in [3.8, 4) is 0 Å². The van der Waals surface area contributed by atoms with Gasteiger partial charge in [-0.1, -0.05) is 5.16 Å². The van der Waals surface area contributed by atoms with Crippen LogP contribution in [0.25, 0.3) is 0 Å². The molecule has 16 heteroatoms. The van der Waals surface area contributed by atoms with Crippen LogP contribution in [0.1, 0.15) is 40.3 Å². The first-order valence-electron chi connectivity index (χ1n) is 10.6. The Morgan fingerprint density at radius 2 is 2.00 bits per heavy atom. The van der Waals surface area contributed by atoms with Crippen LogP contribution in [0.15, 0.2) is 23.2 Å². The van der Waals surface area contributed by atoms with Gasteiger partial charge in [0.15, 0.2) is 10.8 Å². The summed E-state index contributed by atoms with van der Waals surface area (Å²) < 4.78 is 6.67. The van der Waals surface area contributed by atoms with Gasteiger partial charge in [-0.25, -0.2) is 19.6 Å². The molecular formula is C20H26N8O7S. The molecule has 0 bridgehead atoms. The summed E-state index contributed by atoms with van der Waals surface area (Å²) in [5.41, 5.74) is -2.91. The summed E-state index contributed by atoms with van der Waals surface area (Å²) in [6.45, 7) is 7.85. The molecule has 15 nitrogen and oxygen atoms in total. The number of amides is 3. The number of β-lactam (4-membered cyclic amide) rings is 1. The van der Waals surface area contributed by atoms with Crippen molar-refractivity contribution in [2.24, 2.45) is 5.16 Å². The maximum atomic E-state index is 13.1. The highest BCUT2D eigenvalue weighted by molar-refractivity contribution is 7.14. The van der Waals surface area contributed by atoms with Crippen molar-refractivity contribution in [3.05, 3.63) is 23.7 Å². The van der Waals surface area contributed by atoms with E-state index in [1.54, 1.807) is 20.8 Å². The number of rotatable bonds is 9. The Morgan fingerprint density at radius 3 is 2.58 bits per heavy atom. The number of nitrogens with zero attached hydrogens (tertiary/aromatic N) is 5. The van der Waals surface area contributed by atoms with E-state index in [4.69, 9.17) is 9.57 Å². The van der Waals surface area contributed by atoms with E-state index >= 15 is 0 Å². The second kappa shape index (κ2) is 10.3. The second-order valence-electron chi connectivity index (χ2n) is 9.20. The first-order chi connectivity index (χ1) is 16.7. The Labute approximate surface area is 209 Å². The molecule has 2 atom stereocenters. The predicted molar refractivity (Wildman–Crippen MR) is 125 cm³/mol. The summed E-state index contributed by atoms with van der Waals surface area (Å²) in [7, 11) is 0. The van der Waals surface area contributed by atoms with Crippen LogP contribution in [-0.2, 0) is 30.5 Å². The molecule has 194 valence electrons. The third kappa shape index (κ3) is 6.74. The summed E-state index contributed by atoms with van der Waals surface area (Å²) >= 11 is 0.978. The molecule has 1 fully saturated rings. The number of carboxylic acids is 1. The van der Waals surface area contributed by atoms with Crippen LogP contribution in [0.4, 0.5) is 9.93 Å². The highest BCUT2D eigenvalue weighted by Gasteiger charge is 2.42. The van der Waals surface area contributed by atoms with Gasteiger partial charge in [0.25, 0.3) is 5.91 Å². The highest BCUT2D eigenvalue weighted by atomic mass is 32.1. The van der Waals surface area contributed by atoms with Gasteiger partial charge in [0.05, 0.1) is 12.6 Å². The number of thiazole rings is 1. The second-order valence-corrected chi connectivity index (χ2v) is 10.1. The van der Waals surface area contributed by atoms with Gasteiger partial charge >= 0.3 is 12.1 Å². The van der Waals surface area contributed by atoms with E-state index < -0.39 is 52.9 Å². The number of ether oxygens (including phenoxy) is 1. The number of carbonyl (C=O) groups is 4. The number of aliphatic carboxylic acids is 1. The highest BCUT2D eigenvalue weighted by Crippen LogP contribution is 2.20. The molecule has 3 amide bonds. The Bertz CT molecular complexity index is 1170. The van der Waals surface area contributed by atoms with E-state index in [2.05, 4.69) is 36.2 Å². The van der Waals surface area contributed by atoms with Crippen molar-refractivity contribution in [2.75, 3.05) is 5.32 Å². The van der Waals surface area contributed by atoms with Crippen molar-refractivity contribution >= 4 is 46.1 Å². The van der Waals surface area contributed by atoms with Crippen LogP contribution < -0.4 is 16.0 Å². The first-order valence-corrected chi connectivity index (χ1v) is 11.5. The number of nitrogens with one attached hydrogen (secondary N) is 3. The largest absolute Gasteiger partial charge is 0.478 e. The zero-order valence-electron chi connectivity index (χ0n) is 20.1. The molecule has 1 aliphatic rings. The third-order valence-corrected chi connectivity index (χ3v) is 5.36. The van der Waals surface area contributed by atoms with Gasteiger partial charge in [0.2, 0.25) is 11.5 Å². The van der Waals surface area contributed by atoms with Crippen LogP contribution >= 0.6 is 11.3 Å². The molecule has 0 aromatic carbocycles. The molecule has 1 aliphatic heterocycles. The number of carbonyl (C=O) groups excluding carboxylic acids is 3. The van der Waals surface area contributed by atoms with Crippen molar-refractivity contribution < 1.29 is 33.9 Å². The Kier molecular flexibility index (Phi) is 7.57. The van der Waals surface area contributed by atoms with Gasteiger partial charge in [-0.3, -0.25) is 19.6 Å². The van der Waals surface area contributed by atoms with Crippen molar-refractivity contribution in [3.63, 3.8) is 0 Å². The van der Waals surface area contributed by atoms with Crippen LogP contribution in [0.3, 0.4) is 0 Å². The molecule has 2 aromatic rings. The van der Waals surface area contributed by atoms with Crippen LogP contribution in [0.5, 0.6) is 0 Å². The molecule has 36 heavy (non-hydrogen) atoms. The van der Waals surface area contributed by atoms with Gasteiger partial charge in [0.1, 0.15) is 30.0 Å². The standard InChI is InChI=1S/C20H26N8O7S/c1-19(2,3)34-18(33)26-17-24-11(7-36-17)13(27-35-20(4,5)16(31)32)15(30)25-12-10(23-14(12)29)6-28-9-21-8-22-28/h7-10,12H,6H2,1-5H3,(H,23,29)(H,25,30)(H,31,32)(H,24,26,33)/b27-13-/t10-,12+/m1/s1. The van der Waals surface area contributed by atoms with Gasteiger partial charge in [0, 0.05) is 5.38 Å². The molecule has 0 unspecified atom stereocenters. The molecule has 3 rings (SSSR count). The van der Waals surface area contributed by atoms with Crippen molar-refractivity contribution in [2.45, 2.75) is 64.4 Å². The lowest BCUT2D eigenvalue weighted by molar-refractivity contribution is -0.161. The minimum absolute atomic E-state index is 0.0164. The zero-order valence-corrected chi connectivity index (χ0v) is 21.0. The van der Waals surface area contributed by atoms with Gasteiger partial charge in [-0.15, -0.1) is 11.3 Å². The van der Waals surface area contributed by atoms with E-state index in [1.807, 2.05) is 0 Å². The number of anilines is 1. The molecular weight excluding hydrogens is 496 g/mol. The summed E-state index contributed by atoms with van der Waals surface area (Å²) in [4.78, 5) is 61.8. The SMILES string of the molecule is CC(C)(C)OC(=O)Nc1nc(/C(=N/OC(C)(C)C(=O)O)C(=O)N[C@@H]2C(=O)N[C@@H]2Cn2cncn2)cs1. The molecule has 3 heterocycles. The summed E-state index contributed by atoms with van der Waals surface area (Å²) in [6.07, 6.45) is 2.05. The van der Waals surface area contributed by atoms with E-state index in [-0.39, 0.29) is 17.4 Å². The first kappa shape index (κ1) is 26.5. The number of hydrogen-bond acceptors (Lipinski definition) is 11. The molecule has 2 aromatic heterocycles. The monoisotopic (exact) mass is 522 g/mol. The molecule has 0 radical (unpaired) electrons. The smallest absolute Gasteiger partial charge is 0.413 e. The number of oxime groups is 1. The minimum Gasteiger partial charge on any atom is -0.478 e. The molecule has 4 N–H and O–H groups in total. The third-order valence-electron chi connectivity index (χ3n) is 4.60. The minimum atomic E-state index is -1.76. The molecule has 1 saturated heterocycles. The predicted octanol–water partition coefficient (Wildman–Crippen LogP) is 0.349. The average Bonchev–Trinajstić information content (AvgIpc) is 3.43. The Morgan fingerprint density at radius 1 is 1.28 bits per heavy atom. The van der Waals surface area contributed by atoms with Crippen molar-refractivity contribution in [1.82, 2.24) is 30.4 Å². The number of aromatic nitrogens is 4. The normalized spacial score (nSPS) is 18.0. The van der Waals surface area contributed by atoms with E-state index in [1.165, 1.54) is 36.6 Å². The summed E-state index contributed by atoms with van der Waals surface area (Å²) in [5, 5.41) is 26.2. The van der Waals surface area contributed by atoms with E-state index in [0.717, 1.165) is 11.3 Å². The lowest BCUT2D eigenvalue weighted by Crippen LogP contribution is -2.70. The quantitative estimate of drug-likeness (QED) is 0.202. The fourth-order valence-electron chi connectivity index (χ4n) is 2.73. The summed E-state index contributed by atoms with van der Waals surface area (Å²) in [6, 6.07) is -1.39. The van der Waals surface area contributed by atoms with Crippen LogP contribution in [-0.4, -0.2) is 77.7 Å². The van der Waals surface area contributed by atoms with Gasteiger partial charge in [-0.2, -0.15) is 5.10 Å². The fourth-order valence-corrected chi connectivity index (χ4v) is 3.41. The number of hydrogen-bond donors (Lipinski definition) is 4. The van der Waals surface area contributed by atoms with Crippen LogP contribution in [0, 0.1) is 0 Å². The molecule has 0 aliphatic carbocycles. The lowest BCUT2D eigenvalue weighted by Gasteiger charge is -2.36. The Balaban J connectivity index is 1.79. The van der Waals surface area contributed by atoms with Gasteiger partial charge in [-0.05, 0) is 34.6 Å². The van der Waals surface area contributed by atoms with E-state index in [0.29, 0.717) is 0 Å². The maximum Gasteiger partial charge on any atom is 0.413 e.